The number of carbonyl (C=O) groups is 1. The maximum absolute atomic E-state index is 12.7. The van der Waals surface area contributed by atoms with Gasteiger partial charge in [0, 0.05) is 17.3 Å². The van der Waals surface area contributed by atoms with Crippen molar-refractivity contribution in [2.45, 2.75) is 25.0 Å². The van der Waals surface area contributed by atoms with Crippen LogP contribution in [0.3, 0.4) is 0 Å². The molecule has 144 valence electrons. The lowest BCUT2D eigenvalue weighted by Gasteiger charge is -2.08. The Kier molecular flexibility index (Phi) is 5.38. The summed E-state index contributed by atoms with van der Waals surface area (Å²) in [5, 5.41) is 14.3. The Balaban J connectivity index is 1.63. The Hall–Kier alpha value is -2.36. The molecular weight excluding hydrogens is 418 g/mol. The Morgan fingerprint density at radius 3 is 2.96 bits per heavy atom. The van der Waals surface area contributed by atoms with Crippen LogP contribution >= 0.6 is 34.7 Å². The zero-order valence-electron chi connectivity index (χ0n) is 14.9. The summed E-state index contributed by atoms with van der Waals surface area (Å²) in [6, 6.07) is 8.87. The highest BCUT2D eigenvalue weighted by molar-refractivity contribution is 7.99. The minimum absolute atomic E-state index is 0.0537. The number of thioether (sulfide) groups is 1. The van der Waals surface area contributed by atoms with Crippen LogP contribution in [0.15, 0.2) is 45.7 Å². The van der Waals surface area contributed by atoms with Crippen LogP contribution in [0.2, 0.25) is 5.02 Å². The molecular formula is C18H16ClN5O2S2. The average molecular weight is 434 g/mol. The molecule has 1 aromatic carbocycles. The van der Waals surface area contributed by atoms with Crippen molar-refractivity contribution in [1.82, 2.24) is 19.2 Å². The van der Waals surface area contributed by atoms with Gasteiger partial charge in [0.15, 0.2) is 5.16 Å². The van der Waals surface area contributed by atoms with Crippen LogP contribution in [0.4, 0.5) is 5.69 Å². The maximum Gasteiger partial charge on any atom is 0.272 e. The van der Waals surface area contributed by atoms with Crippen LogP contribution in [0, 0.1) is 0 Å². The van der Waals surface area contributed by atoms with Gasteiger partial charge >= 0.3 is 0 Å². The van der Waals surface area contributed by atoms with Crippen LogP contribution in [-0.4, -0.2) is 30.8 Å². The summed E-state index contributed by atoms with van der Waals surface area (Å²) in [6.07, 6.45) is 0.809. The number of anilines is 1. The van der Waals surface area contributed by atoms with Crippen LogP contribution in [-0.2, 0) is 11.3 Å². The molecule has 0 saturated carbocycles. The third kappa shape index (κ3) is 3.52. The summed E-state index contributed by atoms with van der Waals surface area (Å²) in [6.45, 7) is 2.57. The van der Waals surface area contributed by atoms with Crippen LogP contribution < -0.4 is 10.9 Å². The minimum Gasteiger partial charge on any atom is -0.325 e. The predicted octanol–water partition coefficient (Wildman–Crippen LogP) is 3.90. The van der Waals surface area contributed by atoms with Crippen LogP contribution in [0.25, 0.3) is 16.0 Å². The van der Waals surface area contributed by atoms with Gasteiger partial charge in [0.25, 0.3) is 5.56 Å². The van der Waals surface area contributed by atoms with Crippen LogP contribution in [0.1, 0.15) is 13.3 Å². The molecule has 4 rings (SSSR count). The summed E-state index contributed by atoms with van der Waals surface area (Å²) >= 11 is 8.62. The van der Waals surface area contributed by atoms with E-state index >= 15 is 0 Å². The van der Waals surface area contributed by atoms with Gasteiger partial charge in [0.1, 0.15) is 4.70 Å². The zero-order valence-corrected chi connectivity index (χ0v) is 17.3. The largest absolute Gasteiger partial charge is 0.325 e. The lowest BCUT2D eigenvalue weighted by Crippen LogP contribution is -2.22. The fourth-order valence-corrected chi connectivity index (χ4v) is 4.67. The van der Waals surface area contributed by atoms with E-state index in [4.69, 9.17) is 11.6 Å². The van der Waals surface area contributed by atoms with E-state index in [0.29, 0.717) is 32.9 Å². The number of rotatable bonds is 6. The van der Waals surface area contributed by atoms with Gasteiger partial charge in [-0.25, -0.2) is 0 Å². The van der Waals surface area contributed by atoms with Gasteiger partial charge in [-0.05, 0) is 36.1 Å². The normalized spacial score (nSPS) is 11.4. The molecule has 10 heteroatoms. The van der Waals surface area contributed by atoms with Gasteiger partial charge in [-0.1, -0.05) is 36.4 Å². The summed E-state index contributed by atoms with van der Waals surface area (Å²) in [5.41, 5.74) is 1.35. The molecule has 0 fully saturated rings. The van der Waals surface area contributed by atoms with E-state index < -0.39 is 0 Å². The average Bonchev–Trinajstić information content (AvgIpc) is 3.30. The molecule has 1 amide bonds. The summed E-state index contributed by atoms with van der Waals surface area (Å²) < 4.78 is 4.15. The van der Waals surface area contributed by atoms with Gasteiger partial charge in [0.2, 0.25) is 11.7 Å². The number of halogens is 1. The van der Waals surface area contributed by atoms with E-state index in [9.17, 15) is 9.59 Å². The molecule has 0 aliphatic carbocycles. The standard InChI is InChI=1S/C18H16ClN5O2S2/c1-2-7-23-16(26)15-13(6-8-27-15)24-17(23)21-22-18(24)28-10-14(25)20-12-5-3-4-11(19)9-12/h3-6,8-9H,2,7,10H2,1H3,(H,20,25). The Morgan fingerprint density at radius 1 is 1.32 bits per heavy atom. The van der Waals surface area contributed by atoms with Crippen molar-refractivity contribution in [1.29, 1.82) is 0 Å². The second kappa shape index (κ2) is 7.94. The molecule has 0 saturated heterocycles. The lowest BCUT2D eigenvalue weighted by molar-refractivity contribution is -0.113. The summed E-state index contributed by atoms with van der Waals surface area (Å²) in [4.78, 5) is 25.0. The van der Waals surface area contributed by atoms with Crippen LogP contribution in [0.5, 0.6) is 0 Å². The molecule has 1 N–H and O–H groups in total. The molecule has 0 aliphatic heterocycles. The molecule has 0 bridgehead atoms. The lowest BCUT2D eigenvalue weighted by atomic mass is 10.3. The van der Waals surface area contributed by atoms with Crippen molar-refractivity contribution in [2.24, 2.45) is 0 Å². The van der Waals surface area contributed by atoms with Crippen molar-refractivity contribution in [3.05, 3.63) is 51.1 Å². The first-order valence-electron chi connectivity index (χ1n) is 8.62. The van der Waals surface area contributed by atoms with Crippen molar-refractivity contribution in [3.8, 4) is 0 Å². The van der Waals surface area contributed by atoms with Gasteiger partial charge in [0.05, 0.1) is 11.3 Å². The third-order valence-corrected chi connectivity index (χ3v) is 6.13. The number of aromatic nitrogens is 4. The first-order valence-corrected chi connectivity index (χ1v) is 10.9. The number of amides is 1. The van der Waals surface area contributed by atoms with Gasteiger partial charge in [-0.15, -0.1) is 21.5 Å². The number of fused-ring (bicyclic) bond motifs is 3. The monoisotopic (exact) mass is 433 g/mol. The van der Waals surface area contributed by atoms with Crippen molar-refractivity contribution < 1.29 is 4.79 Å². The van der Waals surface area contributed by atoms with Crippen molar-refractivity contribution in [3.63, 3.8) is 0 Å². The fraction of sp³-hybridized carbons (Fsp3) is 0.222. The van der Waals surface area contributed by atoms with E-state index in [0.717, 1.165) is 11.9 Å². The molecule has 0 unspecified atom stereocenters. The smallest absolute Gasteiger partial charge is 0.272 e. The van der Waals surface area contributed by atoms with Crippen molar-refractivity contribution >= 4 is 62.3 Å². The Labute approximate surface area is 173 Å². The first kappa shape index (κ1) is 19.0. The number of hydrogen-bond acceptors (Lipinski definition) is 6. The highest BCUT2D eigenvalue weighted by atomic mass is 35.5. The quantitative estimate of drug-likeness (QED) is 0.466. The summed E-state index contributed by atoms with van der Waals surface area (Å²) in [5.74, 6) is 0.481. The molecule has 7 nitrogen and oxygen atoms in total. The number of hydrogen-bond donors (Lipinski definition) is 1. The molecule has 0 spiro atoms. The number of nitrogens with one attached hydrogen (secondary N) is 1. The Bertz CT molecular complexity index is 1230. The highest BCUT2D eigenvalue weighted by Crippen LogP contribution is 2.24. The van der Waals surface area contributed by atoms with E-state index in [-0.39, 0.29) is 17.2 Å². The maximum atomic E-state index is 12.7. The molecule has 0 atom stereocenters. The van der Waals surface area contributed by atoms with Gasteiger partial charge < -0.3 is 5.32 Å². The minimum atomic E-state index is -0.174. The molecule has 4 aromatic rings. The Morgan fingerprint density at radius 2 is 2.18 bits per heavy atom. The van der Waals surface area contributed by atoms with Gasteiger partial charge in [-0.3, -0.25) is 18.6 Å². The highest BCUT2D eigenvalue weighted by Gasteiger charge is 2.18. The fourth-order valence-electron chi connectivity index (χ4n) is 2.91. The van der Waals surface area contributed by atoms with E-state index in [1.807, 2.05) is 22.8 Å². The topological polar surface area (TPSA) is 81.3 Å². The molecule has 0 radical (unpaired) electrons. The van der Waals surface area contributed by atoms with E-state index in [1.165, 1.54) is 23.1 Å². The number of aryl methyl sites for hydroxylation is 1. The first-order chi connectivity index (χ1) is 13.6. The second-order valence-electron chi connectivity index (χ2n) is 6.06. The van der Waals surface area contributed by atoms with Gasteiger partial charge in [-0.2, -0.15) is 0 Å². The predicted molar refractivity (Wildman–Crippen MR) is 114 cm³/mol. The number of carbonyl (C=O) groups excluding carboxylic acids is 1. The molecule has 3 aromatic heterocycles. The summed E-state index contributed by atoms with van der Waals surface area (Å²) in [7, 11) is 0. The molecule has 28 heavy (non-hydrogen) atoms. The zero-order chi connectivity index (χ0) is 19.7. The molecule has 0 aliphatic rings. The van der Waals surface area contributed by atoms with Crippen molar-refractivity contribution in [2.75, 3.05) is 11.1 Å². The van der Waals surface area contributed by atoms with E-state index in [1.54, 1.807) is 28.8 Å². The third-order valence-electron chi connectivity index (χ3n) is 4.07. The molecule has 3 heterocycles. The second-order valence-corrected chi connectivity index (χ2v) is 8.35. The SMILES string of the molecule is CCCn1c(=O)c2sccc2n2c(SCC(=O)Nc3cccc(Cl)c3)nnc12. The number of benzene rings is 1. The van der Waals surface area contributed by atoms with E-state index in [2.05, 4.69) is 15.5 Å². The number of nitrogens with zero attached hydrogens (tertiary/aromatic N) is 4. The number of thiophene rings is 1.